The molecule has 0 bridgehead atoms. The number of ketones is 1. The van der Waals surface area contributed by atoms with Crippen LogP contribution in [0.4, 0.5) is 0 Å². The van der Waals surface area contributed by atoms with Crippen molar-refractivity contribution in [2.45, 2.75) is 49.8 Å². The second kappa shape index (κ2) is 7.29. The molecular weight excluding hydrogens is 384 g/mol. The molecule has 26 heavy (non-hydrogen) atoms. The van der Waals surface area contributed by atoms with Crippen LogP contribution in [0.2, 0.25) is 5.02 Å². The van der Waals surface area contributed by atoms with Crippen LogP contribution < -0.4 is 0 Å². The maximum absolute atomic E-state index is 12.8. The topological polar surface area (TPSA) is 42.9 Å². The number of aromatic nitrogens is 2. The first-order valence-corrected chi connectivity index (χ1v) is 10.9. The number of carbonyl (C=O) groups excluding carboxylic acids is 1. The average Bonchev–Trinajstić information content (AvgIpc) is 2.99. The Kier molecular flexibility index (Phi) is 5.04. The highest BCUT2D eigenvalue weighted by molar-refractivity contribution is 8.00. The maximum atomic E-state index is 12.8. The molecule has 2 heterocycles. The lowest BCUT2D eigenvalue weighted by Gasteiger charge is -2.14. The Balaban J connectivity index is 1.69. The smallest absolute Gasteiger partial charge is 0.175 e. The van der Waals surface area contributed by atoms with Gasteiger partial charge >= 0.3 is 0 Å². The quantitative estimate of drug-likeness (QED) is 0.309. The van der Waals surface area contributed by atoms with Crippen LogP contribution in [0.5, 0.6) is 0 Å². The third-order valence-corrected chi connectivity index (χ3v) is 7.20. The molecule has 1 aromatic carbocycles. The lowest BCUT2D eigenvalue weighted by molar-refractivity contribution is 0.0994. The second-order valence-corrected chi connectivity index (χ2v) is 9.45. The van der Waals surface area contributed by atoms with Crippen molar-refractivity contribution in [2.24, 2.45) is 0 Å². The van der Waals surface area contributed by atoms with E-state index in [4.69, 9.17) is 16.6 Å². The van der Waals surface area contributed by atoms with Gasteiger partial charge in [-0.25, -0.2) is 9.97 Å². The van der Waals surface area contributed by atoms with Gasteiger partial charge in [0.15, 0.2) is 5.78 Å². The zero-order valence-electron chi connectivity index (χ0n) is 14.7. The number of aryl methyl sites for hydroxylation is 3. The number of thioether (sulfide) groups is 1. The Morgan fingerprint density at radius 1 is 1.19 bits per heavy atom. The van der Waals surface area contributed by atoms with Crippen molar-refractivity contribution in [3.8, 4) is 0 Å². The molecule has 0 fully saturated rings. The van der Waals surface area contributed by atoms with Crippen LogP contribution in [-0.2, 0) is 12.8 Å². The molecule has 134 valence electrons. The minimum absolute atomic E-state index is 0.0974. The predicted octanol–water partition coefficient (Wildman–Crippen LogP) is 5.90. The van der Waals surface area contributed by atoms with Crippen molar-refractivity contribution in [1.29, 1.82) is 0 Å². The van der Waals surface area contributed by atoms with Crippen molar-refractivity contribution in [3.05, 3.63) is 51.1 Å². The summed E-state index contributed by atoms with van der Waals surface area (Å²) in [6.45, 7) is 3.87. The molecule has 2 aromatic heterocycles. The number of nitrogens with zero attached hydrogens (tertiary/aromatic N) is 2. The molecule has 0 saturated carbocycles. The molecule has 1 aliphatic rings. The SMILES string of the molecule is Cc1nc(S[C@@H](C)C(=O)c2ccc(Cl)cc2)c2c3c(sc2n1)CCCC3. The van der Waals surface area contributed by atoms with E-state index in [0.29, 0.717) is 10.6 Å². The zero-order valence-corrected chi connectivity index (χ0v) is 17.1. The molecule has 3 nitrogen and oxygen atoms in total. The van der Waals surface area contributed by atoms with Gasteiger partial charge in [0.25, 0.3) is 0 Å². The maximum Gasteiger partial charge on any atom is 0.175 e. The first-order valence-electron chi connectivity index (χ1n) is 8.78. The van der Waals surface area contributed by atoms with Crippen LogP contribution >= 0.6 is 34.7 Å². The van der Waals surface area contributed by atoms with Gasteiger partial charge in [-0.15, -0.1) is 11.3 Å². The molecule has 1 aliphatic carbocycles. The van der Waals surface area contributed by atoms with Gasteiger partial charge in [0, 0.05) is 20.8 Å². The third kappa shape index (κ3) is 3.40. The van der Waals surface area contributed by atoms with Gasteiger partial charge in [-0.1, -0.05) is 23.4 Å². The van der Waals surface area contributed by atoms with Crippen LogP contribution in [0.25, 0.3) is 10.2 Å². The second-order valence-electron chi connectivity index (χ2n) is 6.60. The average molecular weight is 403 g/mol. The van der Waals surface area contributed by atoms with Crippen molar-refractivity contribution < 1.29 is 4.79 Å². The van der Waals surface area contributed by atoms with Gasteiger partial charge in [0.2, 0.25) is 0 Å². The summed E-state index contributed by atoms with van der Waals surface area (Å²) >= 11 is 9.27. The number of fused-ring (bicyclic) bond motifs is 3. The van der Waals surface area contributed by atoms with E-state index in [2.05, 4.69) is 4.98 Å². The summed E-state index contributed by atoms with van der Waals surface area (Å²) in [5.74, 6) is 0.866. The molecule has 0 saturated heterocycles. The number of rotatable bonds is 4. The van der Waals surface area contributed by atoms with E-state index >= 15 is 0 Å². The largest absolute Gasteiger partial charge is 0.293 e. The molecule has 0 N–H and O–H groups in total. The van der Waals surface area contributed by atoms with Crippen LogP contribution in [0.3, 0.4) is 0 Å². The van der Waals surface area contributed by atoms with Crippen LogP contribution in [0.1, 0.15) is 46.4 Å². The van der Waals surface area contributed by atoms with Gasteiger partial charge in [-0.2, -0.15) is 0 Å². The Hall–Kier alpha value is -1.43. The number of halogens is 1. The summed E-state index contributed by atoms with van der Waals surface area (Å²) in [5, 5.41) is 2.55. The van der Waals surface area contributed by atoms with E-state index in [1.54, 1.807) is 47.4 Å². The van der Waals surface area contributed by atoms with Crippen LogP contribution in [-0.4, -0.2) is 21.0 Å². The lowest BCUT2D eigenvalue weighted by atomic mass is 9.97. The highest BCUT2D eigenvalue weighted by Gasteiger charge is 2.24. The molecule has 0 unspecified atom stereocenters. The Morgan fingerprint density at radius 3 is 2.69 bits per heavy atom. The first-order chi connectivity index (χ1) is 12.5. The molecular formula is C20H19ClN2OS2. The fourth-order valence-corrected chi connectivity index (χ4v) is 5.98. The fraction of sp³-hybridized carbons (Fsp3) is 0.350. The summed E-state index contributed by atoms with van der Waals surface area (Å²) in [4.78, 5) is 24.7. The molecule has 6 heteroatoms. The third-order valence-electron chi connectivity index (χ3n) is 4.68. The Labute approximate surface area is 166 Å². The molecule has 0 spiro atoms. The number of carbonyl (C=O) groups is 1. The van der Waals surface area contributed by atoms with Gasteiger partial charge in [0.05, 0.1) is 5.25 Å². The minimum Gasteiger partial charge on any atom is -0.293 e. The van der Waals surface area contributed by atoms with Gasteiger partial charge in [-0.05, 0) is 69.4 Å². The highest BCUT2D eigenvalue weighted by atomic mass is 35.5. The van der Waals surface area contributed by atoms with E-state index in [-0.39, 0.29) is 11.0 Å². The van der Waals surface area contributed by atoms with Crippen LogP contribution in [0.15, 0.2) is 29.3 Å². The van der Waals surface area contributed by atoms with E-state index in [1.807, 2.05) is 13.8 Å². The normalized spacial score (nSPS) is 15.0. The molecule has 4 rings (SSSR count). The molecule has 3 aromatic rings. The molecule has 0 aliphatic heterocycles. The van der Waals surface area contributed by atoms with E-state index in [0.717, 1.165) is 28.5 Å². The summed E-state index contributed by atoms with van der Waals surface area (Å²) < 4.78 is 0. The van der Waals surface area contributed by atoms with Gasteiger partial charge in [0.1, 0.15) is 15.7 Å². The zero-order chi connectivity index (χ0) is 18.3. The van der Waals surface area contributed by atoms with E-state index in [1.165, 1.54) is 28.7 Å². The molecule has 0 radical (unpaired) electrons. The number of hydrogen-bond acceptors (Lipinski definition) is 5. The van der Waals surface area contributed by atoms with Gasteiger partial charge < -0.3 is 0 Å². The monoisotopic (exact) mass is 402 g/mol. The van der Waals surface area contributed by atoms with Crippen LogP contribution in [0, 0.1) is 6.92 Å². The minimum atomic E-state index is -0.215. The summed E-state index contributed by atoms with van der Waals surface area (Å²) in [7, 11) is 0. The van der Waals surface area contributed by atoms with E-state index < -0.39 is 0 Å². The van der Waals surface area contributed by atoms with Crippen molar-refractivity contribution in [3.63, 3.8) is 0 Å². The predicted molar refractivity (Wildman–Crippen MR) is 110 cm³/mol. The number of benzene rings is 1. The highest BCUT2D eigenvalue weighted by Crippen LogP contribution is 2.40. The first kappa shape index (κ1) is 18.0. The van der Waals surface area contributed by atoms with Crippen molar-refractivity contribution in [2.75, 3.05) is 0 Å². The number of hydrogen-bond donors (Lipinski definition) is 0. The van der Waals surface area contributed by atoms with E-state index in [9.17, 15) is 4.79 Å². The number of thiophene rings is 1. The summed E-state index contributed by atoms with van der Waals surface area (Å²) in [5.41, 5.74) is 2.09. The summed E-state index contributed by atoms with van der Waals surface area (Å²) in [6.07, 6.45) is 4.70. The lowest BCUT2D eigenvalue weighted by Crippen LogP contribution is -2.14. The Morgan fingerprint density at radius 2 is 1.92 bits per heavy atom. The van der Waals surface area contributed by atoms with Gasteiger partial charge in [-0.3, -0.25) is 4.79 Å². The molecule has 0 amide bonds. The number of Topliss-reactive ketones (excluding diaryl/α,β-unsaturated/α-hetero) is 1. The molecule has 1 atom stereocenters. The standard InChI is InChI=1S/C20H19ClN2OS2/c1-11(18(24)13-7-9-14(21)10-8-13)25-19-17-15-5-3-4-6-16(15)26-20(17)23-12(2)22-19/h7-11H,3-6H2,1-2H3/t11-/m0/s1. The summed E-state index contributed by atoms with van der Waals surface area (Å²) in [6, 6.07) is 7.09. The van der Waals surface area contributed by atoms with Crippen molar-refractivity contribution >= 4 is 50.7 Å². The Bertz CT molecular complexity index is 982. The fourth-order valence-electron chi connectivity index (χ4n) is 3.38. The van der Waals surface area contributed by atoms with Crippen molar-refractivity contribution in [1.82, 2.24) is 9.97 Å².